The average Bonchev–Trinajstić information content (AvgIpc) is 3.20. The summed E-state index contributed by atoms with van der Waals surface area (Å²) in [6, 6.07) is 1.49. The zero-order valence-electron chi connectivity index (χ0n) is 17.4. The van der Waals surface area contributed by atoms with Gasteiger partial charge in [-0.15, -0.1) is 0 Å². The molecule has 0 aromatic carbocycles. The third-order valence-electron chi connectivity index (χ3n) is 7.93. The minimum absolute atomic E-state index is 0.0190. The molecule has 30 heavy (non-hydrogen) atoms. The molecule has 1 aromatic heterocycles. The summed E-state index contributed by atoms with van der Waals surface area (Å²) >= 11 is 0. The molecule has 3 aliphatic heterocycles. The van der Waals surface area contributed by atoms with Gasteiger partial charge in [0.15, 0.2) is 0 Å². The van der Waals surface area contributed by atoms with Gasteiger partial charge in [-0.2, -0.15) is 13.2 Å². The van der Waals surface area contributed by atoms with Gasteiger partial charge in [-0.1, -0.05) is 13.8 Å². The molecule has 1 aromatic rings. The van der Waals surface area contributed by atoms with Crippen LogP contribution in [-0.2, 0) is 28.7 Å². The van der Waals surface area contributed by atoms with E-state index < -0.39 is 17.2 Å². The summed E-state index contributed by atoms with van der Waals surface area (Å²) in [6.07, 6.45) is -0.371. The van der Waals surface area contributed by atoms with Crippen molar-refractivity contribution in [2.45, 2.75) is 64.3 Å². The van der Waals surface area contributed by atoms with Crippen molar-refractivity contribution in [1.29, 1.82) is 0 Å². The molecular formula is C22H28F3N3O2. The topological polar surface area (TPSA) is 54.5 Å². The SMILES string of the molecule is CC1C2Cc3ncc(C(F)(F)F)cc3CN2C(=O)[C@]12CC[C@@H](NCC1(C)COC1)C2. The highest BCUT2D eigenvalue weighted by Crippen LogP contribution is 2.54. The highest BCUT2D eigenvalue weighted by atomic mass is 19.4. The summed E-state index contributed by atoms with van der Waals surface area (Å²) < 4.78 is 44.6. The first-order chi connectivity index (χ1) is 14.1. The van der Waals surface area contributed by atoms with Crippen molar-refractivity contribution in [1.82, 2.24) is 15.2 Å². The lowest BCUT2D eigenvalue weighted by atomic mass is 9.73. The maximum Gasteiger partial charge on any atom is 0.417 e. The molecule has 5 nitrogen and oxygen atoms in total. The molecular weight excluding hydrogens is 395 g/mol. The monoisotopic (exact) mass is 423 g/mol. The number of aromatic nitrogens is 1. The van der Waals surface area contributed by atoms with Gasteiger partial charge in [0.1, 0.15) is 0 Å². The first-order valence-corrected chi connectivity index (χ1v) is 10.8. The van der Waals surface area contributed by atoms with Gasteiger partial charge in [-0.3, -0.25) is 9.78 Å². The molecule has 1 amide bonds. The third kappa shape index (κ3) is 3.06. The number of carbonyl (C=O) groups is 1. The maximum absolute atomic E-state index is 13.5. The zero-order valence-corrected chi connectivity index (χ0v) is 17.4. The Balaban J connectivity index is 1.33. The molecule has 2 saturated heterocycles. The van der Waals surface area contributed by atoms with Gasteiger partial charge in [0.05, 0.1) is 24.2 Å². The summed E-state index contributed by atoms with van der Waals surface area (Å²) in [5.74, 6) is 0.280. The molecule has 5 rings (SSSR count). The number of halogens is 3. The highest BCUT2D eigenvalue weighted by Gasteiger charge is 2.60. The zero-order chi connectivity index (χ0) is 21.3. The van der Waals surface area contributed by atoms with E-state index in [-0.39, 0.29) is 29.8 Å². The van der Waals surface area contributed by atoms with Crippen LogP contribution in [0.5, 0.6) is 0 Å². The standard InChI is InChI=1S/C22H28F3N3O2/c1-13-18-6-17-14(5-15(8-26-17)22(23,24)25)9-28(18)19(29)21(13)4-3-16(7-21)27-10-20(2)11-30-12-20/h5,8,13,16,18,27H,3-4,6-7,9-12H2,1-2H3/t13?,16-,18?,21+/m1/s1. The number of nitrogens with zero attached hydrogens (tertiary/aromatic N) is 2. The molecule has 1 spiro atoms. The lowest BCUT2D eigenvalue weighted by molar-refractivity contribution is -0.138. The Morgan fingerprint density at radius 2 is 2.13 bits per heavy atom. The van der Waals surface area contributed by atoms with Crippen LogP contribution in [0.3, 0.4) is 0 Å². The van der Waals surface area contributed by atoms with Crippen LogP contribution in [0.25, 0.3) is 0 Å². The summed E-state index contributed by atoms with van der Waals surface area (Å²) in [5.41, 5.74) is 0.263. The van der Waals surface area contributed by atoms with Crippen molar-refractivity contribution in [2.75, 3.05) is 19.8 Å². The fourth-order valence-corrected chi connectivity index (χ4v) is 5.94. The van der Waals surface area contributed by atoms with Crippen LogP contribution < -0.4 is 5.32 Å². The van der Waals surface area contributed by atoms with Crippen molar-refractivity contribution < 1.29 is 22.7 Å². The van der Waals surface area contributed by atoms with Crippen molar-refractivity contribution in [3.05, 3.63) is 29.1 Å². The molecule has 0 bridgehead atoms. The first-order valence-electron chi connectivity index (χ1n) is 10.8. The smallest absolute Gasteiger partial charge is 0.380 e. The number of fused-ring (bicyclic) bond motifs is 2. The Morgan fingerprint density at radius 3 is 2.80 bits per heavy atom. The molecule has 1 saturated carbocycles. The average molecular weight is 423 g/mol. The van der Waals surface area contributed by atoms with Crippen LogP contribution >= 0.6 is 0 Å². The highest BCUT2D eigenvalue weighted by molar-refractivity contribution is 5.87. The van der Waals surface area contributed by atoms with E-state index in [1.807, 2.05) is 4.90 Å². The second kappa shape index (κ2) is 6.66. The number of rotatable bonds is 3. The molecule has 4 heterocycles. The van der Waals surface area contributed by atoms with Crippen LogP contribution in [0.2, 0.25) is 0 Å². The molecule has 4 aliphatic rings. The number of ether oxygens (including phenoxy) is 1. The van der Waals surface area contributed by atoms with Crippen LogP contribution in [0.15, 0.2) is 12.3 Å². The van der Waals surface area contributed by atoms with Gasteiger partial charge in [-0.25, -0.2) is 0 Å². The maximum atomic E-state index is 13.5. The number of carbonyl (C=O) groups excluding carboxylic acids is 1. The van der Waals surface area contributed by atoms with Crippen molar-refractivity contribution >= 4 is 5.91 Å². The number of alkyl halides is 3. The van der Waals surface area contributed by atoms with Crippen LogP contribution in [0, 0.1) is 16.7 Å². The lowest BCUT2D eigenvalue weighted by Gasteiger charge is -2.39. The quantitative estimate of drug-likeness (QED) is 0.812. The van der Waals surface area contributed by atoms with Gasteiger partial charge < -0.3 is 15.0 Å². The van der Waals surface area contributed by atoms with Crippen molar-refractivity contribution in [2.24, 2.45) is 16.7 Å². The van der Waals surface area contributed by atoms with Crippen molar-refractivity contribution in [3.63, 3.8) is 0 Å². The van der Waals surface area contributed by atoms with E-state index in [0.717, 1.165) is 45.2 Å². The molecule has 164 valence electrons. The fraction of sp³-hybridized carbons (Fsp3) is 0.727. The summed E-state index contributed by atoms with van der Waals surface area (Å²) in [6.45, 7) is 7.01. The van der Waals surface area contributed by atoms with E-state index in [9.17, 15) is 18.0 Å². The molecule has 4 atom stereocenters. The summed E-state index contributed by atoms with van der Waals surface area (Å²) in [4.78, 5) is 19.5. The van der Waals surface area contributed by atoms with Gasteiger partial charge in [0, 0.05) is 48.9 Å². The Bertz CT molecular complexity index is 870. The Kier molecular flexibility index (Phi) is 4.50. The van der Waals surface area contributed by atoms with Gasteiger partial charge in [0.2, 0.25) is 5.91 Å². The van der Waals surface area contributed by atoms with E-state index in [2.05, 4.69) is 24.1 Å². The van der Waals surface area contributed by atoms with E-state index in [4.69, 9.17) is 4.74 Å². The largest absolute Gasteiger partial charge is 0.417 e. The molecule has 3 fully saturated rings. The van der Waals surface area contributed by atoms with Crippen LogP contribution in [-0.4, -0.2) is 47.6 Å². The summed E-state index contributed by atoms with van der Waals surface area (Å²) in [7, 11) is 0. The molecule has 8 heteroatoms. The molecule has 1 aliphatic carbocycles. The predicted molar refractivity (Wildman–Crippen MR) is 103 cm³/mol. The second-order valence-corrected chi connectivity index (χ2v) is 10.1. The number of hydrogen-bond donors (Lipinski definition) is 1. The predicted octanol–water partition coefficient (Wildman–Crippen LogP) is 3.17. The van der Waals surface area contributed by atoms with E-state index >= 15 is 0 Å². The number of pyridine rings is 1. The van der Waals surface area contributed by atoms with E-state index in [1.54, 1.807) is 0 Å². The van der Waals surface area contributed by atoms with E-state index in [1.165, 1.54) is 6.07 Å². The number of hydrogen-bond acceptors (Lipinski definition) is 4. The first kappa shape index (κ1) is 20.2. The molecule has 1 N–H and O–H groups in total. The van der Waals surface area contributed by atoms with Gasteiger partial charge >= 0.3 is 6.18 Å². The van der Waals surface area contributed by atoms with E-state index in [0.29, 0.717) is 23.7 Å². The number of nitrogens with one attached hydrogen (secondary N) is 1. The normalized spacial score (nSPS) is 34.8. The van der Waals surface area contributed by atoms with Crippen LogP contribution in [0.4, 0.5) is 13.2 Å². The number of amides is 1. The lowest BCUT2D eigenvalue weighted by Crippen LogP contribution is -2.49. The van der Waals surface area contributed by atoms with Gasteiger partial charge in [-0.05, 0) is 36.8 Å². The third-order valence-corrected chi connectivity index (χ3v) is 7.93. The Hall–Kier alpha value is -1.67. The second-order valence-electron chi connectivity index (χ2n) is 10.1. The Morgan fingerprint density at radius 1 is 1.37 bits per heavy atom. The summed E-state index contributed by atoms with van der Waals surface area (Å²) in [5, 5.41) is 3.65. The molecule has 0 radical (unpaired) electrons. The minimum Gasteiger partial charge on any atom is -0.380 e. The van der Waals surface area contributed by atoms with Gasteiger partial charge in [0.25, 0.3) is 0 Å². The van der Waals surface area contributed by atoms with Crippen LogP contribution in [0.1, 0.15) is 49.9 Å². The fourth-order valence-electron chi connectivity index (χ4n) is 5.94. The van der Waals surface area contributed by atoms with Crippen molar-refractivity contribution in [3.8, 4) is 0 Å². The Labute approximate surface area is 174 Å². The molecule has 2 unspecified atom stereocenters. The minimum atomic E-state index is -4.42.